The van der Waals surface area contributed by atoms with E-state index in [1.54, 1.807) is 24.3 Å². The fourth-order valence-electron chi connectivity index (χ4n) is 1.46. The number of hydrazone groups is 1. The van der Waals surface area contributed by atoms with E-state index in [-0.39, 0.29) is 0 Å². The van der Waals surface area contributed by atoms with Crippen LogP contribution in [0.25, 0.3) is 0 Å². The molecule has 1 N–H and O–H groups in total. The molecule has 0 radical (unpaired) electrons. The topological polar surface area (TPSA) is 24.4 Å². The van der Waals surface area contributed by atoms with Crippen molar-refractivity contribution in [2.45, 2.75) is 6.92 Å². The normalized spacial score (nSPS) is 11.5. The average Bonchev–Trinajstić information content (AvgIpc) is 2.41. The summed E-state index contributed by atoms with van der Waals surface area (Å²) in [6, 6.07) is 12.7. The Morgan fingerprint density at radius 2 is 1.63 bits per heavy atom. The van der Waals surface area contributed by atoms with Gasteiger partial charge in [0.2, 0.25) is 0 Å². The lowest BCUT2D eigenvalue weighted by Crippen LogP contribution is -1.99. The zero-order chi connectivity index (χ0) is 13.8. The molecule has 0 aromatic heterocycles. The van der Waals surface area contributed by atoms with Crippen molar-refractivity contribution in [3.8, 4) is 0 Å². The molecule has 0 saturated heterocycles. The molecular weight excluding hydrogens is 303 g/mol. The maximum Gasteiger partial charge on any atom is 0.0649 e. The molecule has 98 valence electrons. The third-order valence-electron chi connectivity index (χ3n) is 2.53. The number of anilines is 1. The lowest BCUT2D eigenvalue weighted by Gasteiger charge is -2.05. The Morgan fingerprint density at radius 1 is 0.947 bits per heavy atom. The lowest BCUT2D eigenvalue weighted by molar-refractivity contribution is 1.32. The fourth-order valence-corrected chi connectivity index (χ4v) is 1.88. The Bertz CT molecular complexity index is 607. The quantitative estimate of drug-likeness (QED) is 0.588. The Hall–Kier alpha value is -1.22. The first-order chi connectivity index (χ1) is 9.06. The maximum absolute atomic E-state index is 5.97. The summed E-state index contributed by atoms with van der Waals surface area (Å²) in [6.07, 6.45) is 0. The van der Waals surface area contributed by atoms with Crippen molar-refractivity contribution in [2.24, 2.45) is 5.10 Å². The monoisotopic (exact) mass is 312 g/mol. The molecule has 2 aromatic rings. The summed E-state index contributed by atoms with van der Waals surface area (Å²) in [6.45, 7) is 1.89. The first kappa shape index (κ1) is 14.2. The van der Waals surface area contributed by atoms with Gasteiger partial charge in [0.1, 0.15) is 0 Å². The Kier molecular flexibility index (Phi) is 4.70. The van der Waals surface area contributed by atoms with Gasteiger partial charge in [0.15, 0.2) is 0 Å². The van der Waals surface area contributed by atoms with Crippen molar-refractivity contribution >= 4 is 46.2 Å². The number of rotatable bonds is 3. The molecule has 0 bridgehead atoms. The average molecular weight is 314 g/mol. The summed E-state index contributed by atoms with van der Waals surface area (Å²) in [4.78, 5) is 0. The van der Waals surface area contributed by atoms with Gasteiger partial charge in [-0.3, -0.25) is 5.43 Å². The van der Waals surface area contributed by atoms with Gasteiger partial charge >= 0.3 is 0 Å². The smallest absolute Gasteiger partial charge is 0.0649 e. The van der Waals surface area contributed by atoms with Gasteiger partial charge in [-0.05, 0) is 48.9 Å². The van der Waals surface area contributed by atoms with E-state index in [9.17, 15) is 0 Å². The Balaban J connectivity index is 2.14. The summed E-state index contributed by atoms with van der Waals surface area (Å²) in [7, 11) is 0. The molecule has 0 aliphatic carbocycles. The van der Waals surface area contributed by atoms with Gasteiger partial charge in [-0.2, -0.15) is 5.10 Å². The van der Waals surface area contributed by atoms with Crippen molar-refractivity contribution in [2.75, 3.05) is 5.43 Å². The van der Waals surface area contributed by atoms with E-state index >= 15 is 0 Å². The molecule has 19 heavy (non-hydrogen) atoms. The van der Waals surface area contributed by atoms with E-state index in [2.05, 4.69) is 10.5 Å². The van der Waals surface area contributed by atoms with Gasteiger partial charge in [-0.15, -0.1) is 0 Å². The molecule has 0 atom stereocenters. The summed E-state index contributed by atoms with van der Waals surface area (Å²) < 4.78 is 0. The SMILES string of the molecule is C/C(=N\Nc1ccc(Cl)cc1)c1ccc(Cl)c(Cl)c1. The zero-order valence-electron chi connectivity index (χ0n) is 10.1. The summed E-state index contributed by atoms with van der Waals surface area (Å²) in [5.41, 5.74) is 5.55. The molecule has 0 amide bonds. The van der Waals surface area contributed by atoms with Crippen LogP contribution in [0.5, 0.6) is 0 Å². The summed E-state index contributed by atoms with van der Waals surface area (Å²) in [5.74, 6) is 0. The van der Waals surface area contributed by atoms with Gasteiger partial charge in [-0.1, -0.05) is 40.9 Å². The molecule has 0 unspecified atom stereocenters. The number of nitrogens with one attached hydrogen (secondary N) is 1. The predicted molar refractivity (Wildman–Crippen MR) is 83.7 cm³/mol. The Labute approximate surface area is 127 Å². The first-order valence-corrected chi connectivity index (χ1v) is 6.71. The van der Waals surface area contributed by atoms with Crippen LogP contribution < -0.4 is 5.43 Å². The third-order valence-corrected chi connectivity index (χ3v) is 3.53. The first-order valence-electron chi connectivity index (χ1n) is 5.57. The second-order valence-electron chi connectivity index (χ2n) is 3.94. The van der Waals surface area contributed by atoms with E-state index in [0.29, 0.717) is 15.1 Å². The van der Waals surface area contributed by atoms with E-state index in [4.69, 9.17) is 34.8 Å². The zero-order valence-corrected chi connectivity index (χ0v) is 12.4. The number of nitrogens with zero attached hydrogens (tertiary/aromatic N) is 1. The maximum atomic E-state index is 5.97. The van der Waals surface area contributed by atoms with Crippen LogP contribution in [0, 0.1) is 0 Å². The van der Waals surface area contributed by atoms with Crippen molar-refractivity contribution in [3.05, 3.63) is 63.1 Å². The summed E-state index contributed by atoms with van der Waals surface area (Å²) in [5, 5.41) is 6.02. The van der Waals surface area contributed by atoms with Crippen LogP contribution in [0.3, 0.4) is 0 Å². The molecule has 2 aromatic carbocycles. The van der Waals surface area contributed by atoms with Crippen LogP contribution in [-0.4, -0.2) is 5.71 Å². The minimum atomic E-state index is 0.514. The fraction of sp³-hybridized carbons (Fsp3) is 0.0714. The van der Waals surface area contributed by atoms with Crippen LogP contribution in [0.4, 0.5) is 5.69 Å². The van der Waals surface area contributed by atoms with E-state index in [1.165, 1.54) is 0 Å². The lowest BCUT2D eigenvalue weighted by atomic mass is 10.1. The second kappa shape index (κ2) is 6.29. The van der Waals surface area contributed by atoms with Crippen LogP contribution >= 0.6 is 34.8 Å². The molecule has 2 nitrogen and oxygen atoms in total. The van der Waals surface area contributed by atoms with E-state index in [1.807, 2.05) is 25.1 Å². The molecule has 0 spiro atoms. The van der Waals surface area contributed by atoms with Crippen molar-refractivity contribution in [3.63, 3.8) is 0 Å². The number of hydrogen-bond acceptors (Lipinski definition) is 2. The number of benzene rings is 2. The predicted octanol–water partition coefficient (Wildman–Crippen LogP) is 5.48. The van der Waals surface area contributed by atoms with E-state index in [0.717, 1.165) is 17.0 Å². The molecular formula is C14H11Cl3N2. The van der Waals surface area contributed by atoms with E-state index < -0.39 is 0 Å². The largest absolute Gasteiger partial charge is 0.278 e. The summed E-state index contributed by atoms with van der Waals surface area (Å²) >= 11 is 17.7. The van der Waals surface area contributed by atoms with Gasteiger partial charge < -0.3 is 0 Å². The van der Waals surface area contributed by atoms with Crippen molar-refractivity contribution < 1.29 is 0 Å². The molecule has 0 aliphatic heterocycles. The minimum absolute atomic E-state index is 0.514. The highest BCUT2D eigenvalue weighted by Crippen LogP contribution is 2.23. The molecule has 0 heterocycles. The van der Waals surface area contributed by atoms with Crippen LogP contribution in [0.2, 0.25) is 15.1 Å². The van der Waals surface area contributed by atoms with Gasteiger partial charge in [0, 0.05) is 5.02 Å². The van der Waals surface area contributed by atoms with Gasteiger partial charge in [-0.25, -0.2) is 0 Å². The highest BCUT2D eigenvalue weighted by Gasteiger charge is 2.02. The standard InChI is InChI=1S/C14H11Cl3N2/c1-9(10-2-7-13(16)14(17)8-10)18-19-12-5-3-11(15)4-6-12/h2-8,19H,1H3/b18-9+. The molecule has 5 heteroatoms. The van der Waals surface area contributed by atoms with Crippen LogP contribution in [0.15, 0.2) is 47.6 Å². The van der Waals surface area contributed by atoms with Gasteiger partial charge in [0.05, 0.1) is 21.4 Å². The van der Waals surface area contributed by atoms with Crippen LogP contribution in [0.1, 0.15) is 12.5 Å². The van der Waals surface area contributed by atoms with Crippen LogP contribution in [-0.2, 0) is 0 Å². The minimum Gasteiger partial charge on any atom is -0.278 e. The van der Waals surface area contributed by atoms with Gasteiger partial charge in [0.25, 0.3) is 0 Å². The third kappa shape index (κ3) is 3.87. The van der Waals surface area contributed by atoms with Crippen molar-refractivity contribution in [1.29, 1.82) is 0 Å². The van der Waals surface area contributed by atoms with Crippen molar-refractivity contribution in [1.82, 2.24) is 0 Å². The number of hydrogen-bond donors (Lipinski definition) is 1. The molecule has 0 fully saturated rings. The molecule has 0 saturated carbocycles. The second-order valence-corrected chi connectivity index (χ2v) is 5.20. The number of halogens is 3. The Morgan fingerprint density at radius 3 is 2.26 bits per heavy atom. The highest BCUT2D eigenvalue weighted by atomic mass is 35.5. The molecule has 2 rings (SSSR count). The highest BCUT2D eigenvalue weighted by molar-refractivity contribution is 6.42. The molecule has 0 aliphatic rings.